The zero-order chi connectivity index (χ0) is 7.73. The van der Waals surface area contributed by atoms with Crippen LogP contribution in [0.3, 0.4) is 0 Å². The molecule has 3 N–H and O–H groups in total. The molecule has 2 heterocycles. The van der Waals surface area contributed by atoms with E-state index < -0.39 is 5.60 Å². The molecular weight excluding hydrogens is 142 g/mol. The highest BCUT2D eigenvalue weighted by Gasteiger charge is 2.33. The summed E-state index contributed by atoms with van der Waals surface area (Å²) in [6.07, 6.45) is 2.42. The quantitative estimate of drug-likeness (QED) is 0.514. The van der Waals surface area contributed by atoms with Crippen LogP contribution in [0.5, 0.6) is 0 Å². The molecule has 0 aliphatic carbocycles. The molecule has 0 amide bonds. The maximum absolute atomic E-state index is 9.92. The molecule has 1 atom stereocenters. The maximum atomic E-state index is 9.92. The molecule has 1 saturated heterocycles. The maximum Gasteiger partial charge on any atom is 0.119 e. The third-order valence-electron chi connectivity index (χ3n) is 2.13. The van der Waals surface area contributed by atoms with E-state index >= 15 is 0 Å². The molecule has 1 aromatic rings. The summed E-state index contributed by atoms with van der Waals surface area (Å²) in [6.45, 7) is 1.49. The molecule has 1 aliphatic heterocycles. The van der Waals surface area contributed by atoms with Gasteiger partial charge in [-0.05, 0) is 19.0 Å². The van der Waals surface area contributed by atoms with Gasteiger partial charge in [0.15, 0.2) is 0 Å². The van der Waals surface area contributed by atoms with Crippen molar-refractivity contribution >= 4 is 0 Å². The van der Waals surface area contributed by atoms with Gasteiger partial charge in [-0.15, -0.1) is 0 Å². The van der Waals surface area contributed by atoms with Gasteiger partial charge in [-0.3, -0.25) is 5.10 Å². The summed E-state index contributed by atoms with van der Waals surface area (Å²) in [5, 5.41) is 19.6. The van der Waals surface area contributed by atoms with Crippen LogP contribution in [0.15, 0.2) is 12.3 Å². The van der Waals surface area contributed by atoms with Gasteiger partial charge in [0.2, 0.25) is 0 Å². The normalized spacial score (nSPS) is 31.0. The molecular formula is C7H11N3O. The van der Waals surface area contributed by atoms with Crippen molar-refractivity contribution in [3.05, 3.63) is 18.0 Å². The van der Waals surface area contributed by atoms with E-state index in [1.807, 2.05) is 6.07 Å². The molecule has 60 valence electrons. The molecule has 0 aromatic carbocycles. The number of aromatic amines is 1. The van der Waals surface area contributed by atoms with Gasteiger partial charge in [0.05, 0.1) is 5.69 Å². The summed E-state index contributed by atoms with van der Waals surface area (Å²) >= 11 is 0. The summed E-state index contributed by atoms with van der Waals surface area (Å²) in [6, 6.07) is 1.81. The van der Waals surface area contributed by atoms with Crippen molar-refractivity contribution in [3.63, 3.8) is 0 Å². The van der Waals surface area contributed by atoms with Gasteiger partial charge in [-0.2, -0.15) is 5.10 Å². The second kappa shape index (κ2) is 2.32. The Morgan fingerprint density at radius 2 is 2.55 bits per heavy atom. The minimum absolute atomic E-state index is 0.620. The van der Waals surface area contributed by atoms with Crippen LogP contribution in [-0.4, -0.2) is 28.4 Å². The molecule has 1 aliphatic rings. The number of nitrogens with zero attached hydrogens (tertiary/aromatic N) is 1. The highest BCUT2D eigenvalue weighted by molar-refractivity contribution is 5.12. The van der Waals surface area contributed by atoms with Crippen molar-refractivity contribution < 1.29 is 5.11 Å². The van der Waals surface area contributed by atoms with Crippen molar-refractivity contribution in [3.8, 4) is 0 Å². The standard InChI is InChI=1S/C7H11N3O/c11-7(2-4-8-5-7)6-1-3-9-10-6/h1,3,8,11H,2,4-5H2,(H,9,10). The number of aromatic nitrogens is 2. The predicted molar refractivity (Wildman–Crippen MR) is 40.0 cm³/mol. The fourth-order valence-corrected chi connectivity index (χ4v) is 1.42. The van der Waals surface area contributed by atoms with Gasteiger partial charge in [0, 0.05) is 12.7 Å². The number of aliphatic hydroxyl groups is 1. The average Bonchev–Trinajstić information content (AvgIpc) is 2.55. The number of hydrogen-bond acceptors (Lipinski definition) is 3. The SMILES string of the molecule is OC1(c2ccn[nH]2)CCNC1. The van der Waals surface area contributed by atoms with Gasteiger partial charge in [0.1, 0.15) is 5.60 Å². The number of rotatable bonds is 1. The number of H-pyrrole nitrogens is 1. The molecule has 11 heavy (non-hydrogen) atoms. The third kappa shape index (κ3) is 1.04. The molecule has 0 saturated carbocycles. The monoisotopic (exact) mass is 153 g/mol. The van der Waals surface area contributed by atoms with Crippen molar-refractivity contribution in [2.75, 3.05) is 13.1 Å². The fraction of sp³-hybridized carbons (Fsp3) is 0.571. The summed E-state index contributed by atoms with van der Waals surface area (Å²) in [5.41, 5.74) is 0.0961. The van der Waals surface area contributed by atoms with Crippen molar-refractivity contribution in [2.45, 2.75) is 12.0 Å². The van der Waals surface area contributed by atoms with E-state index in [2.05, 4.69) is 15.5 Å². The Labute approximate surface area is 64.6 Å². The van der Waals surface area contributed by atoms with Crippen molar-refractivity contribution in [2.24, 2.45) is 0 Å². The summed E-state index contributed by atoms with van der Waals surface area (Å²) in [7, 11) is 0. The van der Waals surface area contributed by atoms with Crippen LogP contribution in [0, 0.1) is 0 Å². The topological polar surface area (TPSA) is 60.9 Å². The summed E-state index contributed by atoms with van der Waals surface area (Å²) < 4.78 is 0. The Hall–Kier alpha value is -0.870. The molecule has 2 rings (SSSR count). The van der Waals surface area contributed by atoms with E-state index in [1.54, 1.807) is 6.20 Å². The van der Waals surface area contributed by atoms with Crippen LogP contribution in [0.2, 0.25) is 0 Å². The lowest BCUT2D eigenvalue weighted by atomic mass is 10.00. The minimum atomic E-state index is -0.712. The highest BCUT2D eigenvalue weighted by atomic mass is 16.3. The smallest absolute Gasteiger partial charge is 0.119 e. The highest BCUT2D eigenvalue weighted by Crippen LogP contribution is 2.24. The van der Waals surface area contributed by atoms with Crippen LogP contribution < -0.4 is 5.32 Å². The van der Waals surface area contributed by atoms with E-state index in [0.29, 0.717) is 6.54 Å². The van der Waals surface area contributed by atoms with E-state index in [1.165, 1.54) is 0 Å². The van der Waals surface area contributed by atoms with Gasteiger partial charge < -0.3 is 10.4 Å². The molecule has 4 heteroatoms. The van der Waals surface area contributed by atoms with Crippen molar-refractivity contribution in [1.29, 1.82) is 0 Å². The van der Waals surface area contributed by atoms with Crippen LogP contribution in [0.1, 0.15) is 12.1 Å². The zero-order valence-corrected chi connectivity index (χ0v) is 6.17. The molecule has 1 aromatic heterocycles. The number of β-amino-alcohol motifs (C(OH)–C–C–N with tert-alkyl or cyclic N) is 1. The molecule has 1 fully saturated rings. The minimum Gasteiger partial charge on any atom is -0.382 e. The molecule has 0 bridgehead atoms. The second-order valence-electron chi connectivity index (χ2n) is 2.93. The molecule has 0 spiro atoms. The third-order valence-corrected chi connectivity index (χ3v) is 2.13. The van der Waals surface area contributed by atoms with Crippen LogP contribution in [0.25, 0.3) is 0 Å². The summed E-state index contributed by atoms with van der Waals surface area (Å²) in [4.78, 5) is 0. The number of hydrogen-bond donors (Lipinski definition) is 3. The van der Waals surface area contributed by atoms with Gasteiger partial charge >= 0.3 is 0 Å². The first-order chi connectivity index (χ1) is 5.31. The summed E-state index contributed by atoms with van der Waals surface area (Å²) in [5.74, 6) is 0. The molecule has 4 nitrogen and oxygen atoms in total. The van der Waals surface area contributed by atoms with E-state index in [-0.39, 0.29) is 0 Å². The van der Waals surface area contributed by atoms with E-state index in [4.69, 9.17) is 0 Å². The van der Waals surface area contributed by atoms with Crippen molar-refractivity contribution in [1.82, 2.24) is 15.5 Å². The largest absolute Gasteiger partial charge is 0.382 e. The second-order valence-corrected chi connectivity index (χ2v) is 2.93. The lowest BCUT2D eigenvalue weighted by molar-refractivity contribution is 0.0541. The van der Waals surface area contributed by atoms with E-state index in [9.17, 15) is 5.11 Å². The van der Waals surface area contributed by atoms with Gasteiger partial charge in [-0.25, -0.2) is 0 Å². The first-order valence-corrected chi connectivity index (χ1v) is 3.74. The van der Waals surface area contributed by atoms with Gasteiger partial charge in [-0.1, -0.05) is 0 Å². The zero-order valence-electron chi connectivity index (χ0n) is 6.17. The first-order valence-electron chi connectivity index (χ1n) is 3.74. The Morgan fingerprint density at radius 1 is 1.64 bits per heavy atom. The molecule has 0 radical (unpaired) electrons. The Kier molecular flexibility index (Phi) is 1.44. The van der Waals surface area contributed by atoms with Crippen LogP contribution in [0.4, 0.5) is 0 Å². The lowest BCUT2D eigenvalue weighted by Crippen LogP contribution is -2.28. The lowest BCUT2D eigenvalue weighted by Gasteiger charge is -2.18. The van der Waals surface area contributed by atoms with Gasteiger partial charge in [0.25, 0.3) is 0 Å². The fourth-order valence-electron chi connectivity index (χ4n) is 1.42. The first kappa shape index (κ1) is 6.82. The Morgan fingerprint density at radius 3 is 3.09 bits per heavy atom. The molecule has 1 unspecified atom stereocenters. The van der Waals surface area contributed by atoms with Crippen LogP contribution in [-0.2, 0) is 5.60 Å². The Balaban J connectivity index is 2.27. The predicted octanol–water partition coefficient (Wildman–Crippen LogP) is -0.409. The van der Waals surface area contributed by atoms with Crippen LogP contribution >= 0.6 is 0 Å². The average molecular weight is 153 g/mol. The number of nitrogens with one attached hydrogen (secondary N) is 2. The van der Waals surface area contributed by atoms with E-state index in [0.717, 1.165) is 18.7 Å². The Bertz CT molecular complexity index is 226.